The van der Waals surface area contributed by atoms with E-state index >= 15 is 0 Å². The van der Waals surface area contributed by atoms with Gasteiger partial charge in [-0.15, -0.1) is 0 Å². The van der Waals surface area contributed by atoms with Crippen molar-refractivity contribution in [3.05, 3.63) is 45.2 Å². The summed E-state index contributed by atoms with van der Waals surface area (Å²) >= 11 is 11.9. The molecule has 0 saturated heterocycles. The molecular weight excluding hydrogens is 299 g/mol. The summed E-state index contributed by atoms with van der Waals surface area (Å²) in [5, 5.41) is 10.5. The summed E-state index contributed by atoms with van der Waals surface area (Å²) in [6.07, 6.45) is 0.602. The fraction of sp³-hybridized carbons (Fsp3) is 0.231. The molecule has 1 aromatic carbocycles. The molecule has 0 aliphatic carbocycles. The van der Waals surface area contributed by atoms with Crippen LogP contribution in [0.5, 0.6) is 0 Å². The third kappa shape index (κ3) is 3.23. The van der Waals surface area contributed by atoms with E-state index in [9.17, 15) is 4.79 Å². The zero-order valence-corrected chi connectivity index (χ0v) is 12.3. The number of aromatic amines is 1. The third-order valence-electron chi connectivity index (χ3n) is 2.90. The summed E-state index contributed by atoms with van der Waals surface area (Å²) in [7, 11) is 0. The van der Waals surface area contributed by atoms with Gasteiger partial charge in [0.25, 0.3) is 5.91 Å². The predicted octanol–water partition coefficient (Wildman–Crippen LogP) is 2.58. The van der Waals surface area contributed by atoms with Crippen LogP contribution in [0.1, 0.15) is 21.7 Å². The number of hydrogen-bond donors (Lipinski definition) is 3. The molecular formula is C13H14Cl2N4O. The van der Waals surface area contributed by atoms with Crippen LogP contribution in [0.2, 0.25) is 10.0 Å². The summed E-state index contributed by atoms with van der Waals surface area (Å²) in [6.45, 7) is 2.19. The minimum absolute atomic E-state index is 0.213. The lowest BCUT2D eigenvalue weighted by molar-refractivity contribution is 0.0950. The van der Waals surface area contributed by atoms with E-state index in [0.29, 0.717) is 34.4 Å². The molecule has 1 amide bonds. The molecule has 0 bridgehead atoms. The van der Waals surface area contributed by atoms with Gasteiger partial charge in [0.2, 0.25) is 0 Å². The topological polar surface area (TPSA) is 83.8 Å². The molecule has 2 aromatic rings. The van der Waals surface area contributed by atoms with Crippen LogP contribution in [0.25, 0.3) is 0 Å². The van der Waals surface area contributed by atoms with Gasteiger partial charge in [0.05, 0.1) is 11.4 Å². The minimum atomic E-state index is -0.308. The highest BCUT2D eigenvalue weighted by atomic mass is 35.5. The number of aryl methyl sites for hydroxylation is 1. The monoisotopic (exact) mass is 312 g/mol. The SMILES string of the molecule is Cc1[nH]nc(C(=O)NCCc2ccc(Cl)cc2Cl)c1N. The summed E-state index contributed by atoms with van der Waals surface area (Å²) < 4.78 is 0. The first-order valence-electron chi connectivity index (χ1n) is 6.01. The van der Waals surface area contributed by atoms with Gasteiger partial charge in [-0.2, -0.15) is 5.10 Å². The van der Waals surface area contributed by atoms with E-state index in [4.69, 9.17) is 28.9 Å². The Morgan fingerprint density at radius 3 is 2.80 bits per heavy atom. The molecule has 0 aliphatic heterocycles. The number of halogens is 2. The number of H-pyrrole nitrogens is 1. The lowest BCUT2D eigenvalue weighted by Gasteiger charge is -2.06. The highest BCUT2D eigenvalue weighted by Gasteiger charge is 2.14. The first-order valence-corrected chi connectivity index (χ1v) is 6.77. The minimum Gasteiger partial charge on any atom is -0.395 e. The highest BCUT2D eigenvalue weighted by molar-refractivity contribution is 6.35. The second-order valence-electron chi connectivity index (χ2n) is 4.35. The van der Waals surface area contributed by atoms with Crippen molar-refractivity contribution in [2.75, 3.05) is 12.3 Å². The number of nitrogens with two attached hydrogens (primary N) is 1. The number of carbonyl (C=O) groups is 1. The molecule has 0 atom stereocenters. The number of carbonyl (C=O) groups excluding carboxylic acids is 1. The van der Waals surface area contributed by atoms with Crippen LogP contribution >= 0.6 is 23.2 Å². The summed E-state index contributed by atoms with van der Waals surface area (Å²) in [6, 6.07) is 5.28. The molecule has 0 spiro atoms. The smallest absolute Gasteiger partial charge is 0.273 e. The van der Waals surface area contributed by atoms with Gasteiger partial charge in [-0.1, -0.05) is 29.3 Å². The average Bonchev–Trinajstić information content (AvgIpc) is 2.72. The Labute approximate surface area is 126 Å². The van der Waals surface area contributed by atoms with Gasteiger partial charge in [0.1, 0.15) is 0 Å². The average molecular weight is 313 g/mol. The Balaban J connectivity index is 1.93. The van der Waals surface area contributed by atoms with Crippen LogP contribution in [-0.4, -0.2) is 22.6 Å². The third-order valence-corrected chi connectivity index (χ3v) is 3.49. The number of amides is 1. The number of hydrogen-bond acceptors (Lipinski definition) is 3. The van der Waals surface area contributed by atoms with E-state index in [2.05, 4.69) is 15.5 Å². The molecule has 0 unspecified atom stereocenters. The van der Waals surface area contributed by atoms with Crippen LogP contribution in [0.4, 0.5) is 5.69 Å². The zero-order chi connectivity index (χ0) is 14.7. The van der Waals surface area contributed by atoms with Gasteiger partial charge in [-0.05, 0) is 31.0 Å². The number of benzene rings is 1. The molecule has 2 rings (SSSR count). The number of nitrogens with one attached hydrogen (secondary N) is 2. The molecule has 0 fully saturated rings. The van der Waals surface area contributed by atoms with Gasteiger partial charge in [-0.3, -0.25) is 9.89 Å². The van der Waals surface area contributed by atoms with Gasteiger partial charge in [0, 0.05) is 16.6 Å². The molecule has 7 heteroatoms. The van der Waals surface area contributed by atoms with Crippen molar-refractivity contribution in [3.63, 3.8) is 0 Å². The first-order chi connectivity index (χ1) is 9.49. The molecule has 0 radical (unpaired) electrons. The van der Waals surface area contributed by atoms with E-state index in [-0.39, 0.29) is 11.6 Å². The summed E-state index contributed by atoms with van der Waals surface area (Å²) in [5.74, 6) is -0.308. The number of anilines is 1. The molecule has 0 aliphatic rings. The summed E-state index contributed by atoms with van der Waals surface area (Å²) in [5.41, 5.74) is 7.91. The van der Waals surface area contributed by atoms with Gasteiger partial charge < -0.3 is 11.1 Å². The summed E-state index contributed by atoms with van der Waals surface area (Å²) in [4.78, 5) is 11.9. The van der Waals surface area contributed by atoms with Gasteiger partial charge in [-0.25, -0.2) is 0 Å². The fourth-order valence-electron chi connectivity index (χ4n) is 1.73. The van der Waals surface area contributed by atoms with Crippen molar-refractivity contribution in [3.8, 4) is 0 Å². The maximum atomic E-state index is 11.9. The largest absolute Gasteiger partial charge is 0.395 e. The number of nitrogen functional groups attached to an aromatic ring is 1. The lowest BCUT2D eigenvalue weighted by atomic mass is 10.1. The van der Waals surface area contributed by atoms with Crippen LogP contribution in [0, 0.1) is 6.92 Å². The quantitative estimate of drug-likeness (QED) is 0.811. The van der Waals surface area contributed by atoms with Crippen molar-refractivity contribution in [1.29, 1.82) is 0 Å². The maximum Gasteiger partial charge on any atom is 0.273 e. The molecule has 1 heterocycles. The van der Waals surface area contributed by atoms with Gasteiger partial charge >= 0.3 is 0 Å². The maximum absolute atomic E-state index is 11.9. The molecule has 1 aromatic heterocycles. The van der Waals surface area contributed by atoms with Crippen molar-refractivity contribution < 1.29 is 4.79 Å². The Hall–Kier alpha value is -1.72. The van der Waals surface area contributed by atoms with Crippen LogP contribution in [-0.2, 0) is 6.42 Å². The first kappa shape index (κ1) is 14.7. The van der Waals surface area contributed by atoms with E-state index in [1.54, 1.807) is 19.1 Å². The Kier molecular flexibility index (Phi) is 4.52. The standard InChI is InChI=1S/C13H14Cl2N4O/c1-7-11(16)12(19-18-7)13(20)17-5-4-8-2-3-9(14)6-10(8)15/h2-3,6H,4-5,16H2,1H3,(H,17,20)(H,18,19). The van der Waals surface area contributed by atoms with E-state index in [1.165, 1.54) is 0 Å². The molecule has 0 saturated carbocycles. The lowest BCUT2D eigenvalue weighted by Crippen LogP contribution is -2.26. The van der Waals surface area contributed by atoms with Crippen LogP contribution in [0.15, 0.2) is 18.2 Å². The predicted molar refractivity (Wildman–Crippen MR) is 80.2 cm³/mol. The molecule has 4 N–H and O–H groups in total. The number of rotatable bonds is 4. The van der Waals surface area contributed by atoms with E-state index < -0.39 is 0 Å². The van der Waals surface area contributed by atoms with Crippen LogP contribution in [0.3, 0.4) is 0 Å². The molecule has 106 valence electrons. The van der Waals surface area contributed by atoms with E-state index in [1.807, 2.05) is 6.07 Å². The Morgan fingerprint density at radius 2 is 2.20 bits per heavy atom. The second-order valence-corrected chi connectivity index (χ2v) is 5.20. The van der Waals surface area contributed by atoms with Crippen molar-refractivity contribution >= 4 is 34.8 Å². The Morgan fingerprint density at radius 1 is 1.45 bits per heavy atom. The number of aromatic nitrogens is 2. The van der Waals surface area contributed by atoms with Crippen molar-refractivity contribution in [1.82, 2.24) is 15.5 Å². The van der Waals surface area contributed by atoms with Crippen molar-refractivity contribution in [2.24, 2.45) is 0 Å². The van der Waals surface area contributed by atoms with Gasteiger partial charge in [0.15, 0.2) is 5.69 Å². The van der Waals surface area contributed by atoms with Crippen molar-refractivity contribution in [2.45, 2.75) is 13.3 Å². The second kappa shape index (κ2) is 6.15. The molecule has 20 heavy (non-hydrogen) atoms. The van der Waals surface area contributed by atoms with Crippen LogP contribution < -0.4 is 11.1 Å². The van der Waals surface area contributed by atoms with E-state index in [0.717, 1.165) is 5.56 Å². The normalized spacial score (nSPS) is 10.6. The zero-order valence-electron chi connectivity index (χ0n) is 10.8. The number of nitrogens with zero attached hydrogens (tertiary/aromatic N) is 1. The fourth-order valence-corrected chi connectivity index (χ4v) is 2.23. The highest BCUT2D eigenvalue weighted by Crippen LogP contribution is 2.21. The molecule has 5 nitrogen and oxygen atoms in total. The Bertz CT molecular complexity index is 639.